The minimum absolute atomic E-state index is 0.698. The van der Waals surface area contributed by atoms with Crippen LogP contribution in [0.25, 0.3) is 0 Å². The molecule has 0 aliphatic rings. The monoisotopic (exact) mass is 256 g/mol. The lowest BCUT2D eigenvalue weighted by Crippen LogP contribution is -1.95. The van der Waals surface area contributed by atoms with Gasteiger partial charge in [0.1, 0.15) is 11.5 Å². The fourth-order valence-corrected chi connectivity index (χ4v) is 2.06. The lowest BCUT2D eigenvalue weighted by molar-refractivity contribution is 0.340. The van der Waals surface area contributed by atoms with Gasteiger partial charge in [-0.2, -0.15) is 0 Å². The summed E-state index contributed by atoms with van der Waals surface area (Å²) >= 11 is 0. The van der Waals surface area contributed by atoms with E-state index in [-0.39, 0.29) is 0 Å². The Morgan fingerprint density at radius 2 is 1.21 bits per heavy atom. The minimum atomic E-state index is 0.698. The molecule has 0 heterocycles. The number of hydrogen-bond acceptors (Lipinski definition) is 2. The Labute approximate surface area is 115 Å². The zero-order valence-corrected chi connectivity index (χ0v) is 11.6. The van der Waals surface area contributed by atoms with Crippen LogP contribution in [0.4, 0.5) is 0 Å². The van der Waals surface area contributed by atoms with Crippen LogP contribution in [0, 0.1) is 0 Å². The van der Waals surface area contributed by atoms with Crippen LogP contribution >= 0.6 is 0 Å². The van der Waals surface area contributed by atoms with E-state index < -0.39 is 0 Å². The Kier molecular flexibility index (Phi) is 4.85. The molecule has 2 heteroatoms. The molecule has 0 fully saturated rings. The van der Waals surface area contributed by atoms with Crippen LogP contribution in [0.5, 0.6) is 11.5 Å². The van der Waals surface area contributed by atoms with E-state index in [9.17, 15) is 0 Å². The number of hydrogen-bond donors (Lipinski definition) is 0. The molecule has 0 N–H and O–H groups in total. The zero-order valence-electron chi connectivity index (χ0n) is 11.6. The average molecular weight is 256 g/mol. The predicted molar refractivity (Wildman–Crippen MR) is 78.0 cm³/mol. The number of ether oxygens (including phenoxy) is 2. The summed E-state index contributed by atoms with van der Waals surface area (Å²) in [6, 6.07) is 16.5. The molecule has 100 valence electrons. The molecule has 0 aromatic heterocycles. The van der Waals surface area contributed by atoms with E-state index >= 15 is 0 Å². The van der Waals surface area contributed by atoms with Gasteiger partial charge in [0, 0.05) is 0 Å². The summed E-state index contributed by atoms with van der Waals surface area (Å²) in [6.07, 6.45) is 0.891. The van der Waals surface area contributed by atoms with Gasteiger partial charge in [-0.25, -0.2) is 0 Å². The van der Waals surface area contributed by atoms with Crippen LogP contribution in [-0.4, -0.2) is 13.2 Å². The first kappa shape index (κ1) is 13.5. The zero-order chi connectivity index (χ0) is 13.5. The van der Waals surface area contributed by atoms with Gasteiger partial charge in [-0.1, -0.05) is 24.3 Å². The van der Waals surface area contributed by atoms with E-state index in [1.54, 1.807) is 0 Å². The van der Waals surface area contributed by atoms with Gasteiger partial charge >= 0.3 is 0 Å². The van der Waals surface area contributed by atoms with E-state index in [2.05, 4.69) is 24.3 Å². The highest BCUT2D eigenvalue weighted by molar-refractivity contribution is 5.35. The summed E-state index contributed by atoms with van der Waals surface area (Å²) in [5.74, 6) is 1.86. The topological polar surface area (TPSA) is 18.5 Å². The summed E-state index contributed by atoms with van der Waals surface area (Å²) in [4.78, 5) is 0. The first-order chi connectivity index (χ1) is 9.31. The second kappa shape index (κ2) is 6.83. The third-order valence-corrected chi connectivity index (χ3v) is 2.83. The van der Waals surface area contributed by atoms with Crippen molar-refractivity contribution in [3.8, 4) is 11.5 Å². The molecule has 0 spiro atoms. The average Bonchev–Trinajstić information content (AvgIpc) is 2.40. The normalized spacial score (nSPS) is 10.2. The van der Waals surface area contributed by atoms with Crippen molar-refractivity contribution >= 4 is 0 Å². The van der Waals surface area contributed by atoms with Crippen LogP contribution in [-0.2, 0) is 6.42 Å². The molecular formula is C17H20O2. The van der Waals surface area contributed by atoms with Gasteiger partial charge < -0.3 is 9.47 Å². The second-order valence-corrected chi connectivity index (χ2v) is 4.34. The first-order valence-corrected chi connectivity index (χ1v) is 6.75. The molecular weight excluding hydrogens is 236 g/mol. The molecule has 0 aliphatic heterocycles. The fourth-order valence-electron chi connectivity index (χ4n) is 2.06. The maximum atomic E-state index is 5.52. The Morgan fingerprint density at radius 1 is 0.737 bits per heavy atom. The van der Waals surface area contributed by atoms with E-state index in [4.69, 9.17) is 9.47 Å². The minimum Gasteiger partial charge on any atom is -0.494 e. The highest BCUT2D eigenvalue weighted by Crippen LogP contribution is 2.19. The van der Waals surface area contributed by atoms with Crippen molar-refractivity contribution in [2.75, 3.05) is 13.2 Å². The molecule has 19 heavy (non-hydrogen) atoms. The lowest BCUT2D eigenvalue weighted by atomic mass is 10.0. The number of benzene rings is 2. The van der Waals surface area contributed by atoms with Crippen LogP contribution in [0.2, 0.25) is 0 Å². The molecule has 2 rings (SSSR count). The summed E-state index contributed by atoms with van der Waals surface area (Å²) in [7, 11) is 0. The van der Waals surface area contributed by atoms with Gasteiger partial charge in [0.25, 0.3) is 0 Å². The second-order valence-electron chi connectivity index (χ2n) is 4.34. The third-order valence-electron chi connectivity index (χ3n) is 2.83. The van der Waals surface area contributed by atoms with Crippen molar-refractivity contribution in [2.45, 2.75) is 20.3 Å². The summed E-state index contributed by atoms with van der Waals surface area (Å²) in [5, 5.41) is 0. The molecule has 0 radical (unpaired) electrons. The molecule has 0 saturated heterocycles. The molecule has 2 aromatic carbocycles. The van der Waals surface area contributed by atoms with Gasteiger partial charge in [0.05, 0.1) is 13.2 Å². The van der Waals surface area contributed by atoms with Gasteiger partial charge in [0.2, 0.25) is 0 Å². The highest BCUT2D eigenvalue weighted by Gasteiger charge is 2.00. The van der Waals surface area contributed by atoms with Crippen LogP contribution < -0.4 is 9.47 Å². The molecule has 0 saturated carbocycles. The summed E-state index contributed by atoms with van der Waals surface area (Å²) in [6.45, 7) is 5.39. The maximum absolute atomic E-state index is 5.52. The van der Waals surface area contributed by atoms with Crippen molar-refractivity contribution in [3.63, 3.8) is 0 Å². The number of rotatable bonds is 6. The first-order valence-electron chi connectivity index (χ1n) is 6.75. The van der Waals surface area contributed by atoms with Crippen LogP contribution in [0.3, 0.4) is 0 Å². The molecule has 0 amide bonds. The summed E-state index contributed by atoms with van der Waals surface area (Å²) in [5.41, 5.74) is 2.50. The smallest absolute Gasteiger partial charge is 0.119 e. The van der Waals surface area contributed by atoms with Crippen molar-refractivity contribution in [3.05, 3.63) is 59.7 Å². The maximum Gasteiger partial charge on any atom is 0.119 e. The van der Waals surface area contributed by atoms with Crippen LogP contribution in [0.15, 0.2) is 48.5 Å². The van der Waals surface area contributed by atoms with E-state index in [0.29, 0.717) is 13.2 Å². The quantitative estimate of drug-likeness (QED) is 0.775. The third kappa shape index (κ3) is 4.02. The van der Waals surface area contributed by atoms with E-state index in [1.165, 1.54) is 11.1 Å². The Balaban J connectivity index is 2.11. The largest absolute Gasteiger partial charge is 0.494 e. The molecule has 2 nitrogen and oxygen atoms in total. The molecule has 0 unspecified atom stereocenters. The Bertz CT molecular complexity index is 473. The Morgan fingerprint density at radius 3 is 1.63 bits per heavy atom. The molecule has 0 bridgehead atoms. The Hall–Kier alpha value is -1.96. The van der Waals surface area contributed by atoms with Crippen molar-refractivity contribution in [1.82, 2.24) is 0 Å². The van der Waals surface area contributed by atoms with Crippen molar-refractivity contribution in [1.29, 1.82) is 0 Å². The molecule has 2 aromatic rings. The standard InChI is InChI=1S/C17H20O2/c1-3-18-16-9-5-7-14(12-16)11-15-8-6-10-17(13-15)19-4-2/h5-10,12-13H,3-4,11H2,1-2H3. The molecule has 0 atom stereocenters. The van der Waals surface area contributed by atoms with Gasteiger partial charge in [-0.05, 0) is 55.7 Å². The van der Waals surface area contributed by atoms with Crippen molar-refractivity contribution < 1.29 is 9.47 Å². The summed E-state index contributed by atoms with van der Waals surface area (Å²) < 4.78 is 11.0. The SMILES string of the molecule is CCOc1cccc(Cc2cccc(OCC)c2)c1. The van der Waals surface area contributed by atoms with Gasteiger partial charge in [-0.15, -0.1) is 0 Å². The van der Waals surface area contributed by atoms with Crippen LogP contribution in [0.1, 0.15) is 25.0 Å². The molecule has 0 aliphatic carbocycles. The van der Waals surface area contributed by atoms with E-state index in [0.717, 1.165) is 17.9 Å². The van der Waals surface area contributed by atoms with Gasteiger partial charge in [0.15, 0.2) is 0 Å². The fraction of sp³-hybridized carbons (Fsp3) is 0.294. The lowest BCUT2D eigenvalue weighted by Gasteiger charge is -2.08. The van der Waals surface area contributed by atoms with E-state index in [1.807, 2.05) is 38.1 Å². The van der Waals surface area contributed by atoms with Gasteiger partial charge in [-0.3, -0.25) is 0 Å². The highest BCUT2D eigenvalue weighted by atomic mass is 16.5. The predicted octanol–water partition coefficient (Wildman–Crippen LogP) is 4.07. The van der Waals surface area contributed by atoms with Crippen molar-refractivity contribution in [2.24, 2.45) is 0 Å².